The molecule has 0 radical (unpaired) electrons. The molecule has 2 aromatic carbocycles. The fraction of sp³-hybridized carbons (Fsp3) is 0.190. The molecule has 2 amide bonds. The predicted molar refractivity (Wildman–Crippen MR) is 106 cm³/mol. The Balaban J connectivity index is 1.43. The second kappa shape index (κ2) is 7.37. The summed E-state index contributed by atoms with van der Waals surface area (Å²) >= 11 is 6.01. The molecule has 1 aliphatic heterocycles. The van der Waals surface area contributed by atoms with Gasteiger partial charge in [-0.2, -0.15) is 5.26 Å². The maximum absolute atomic E-state index is 12.8. The largest absolute Gasteiger partial charge is 0.351 e. The van der Waals surface area contributed by atoms with Crippen LogP contribution in [0.3, 0.4) is 0 Å². The summed E-state index contributed by atoms with van der Waals surface area (Å²) in [7, 11) is 0. The highest BCUT2D eigenvalue weighted by Crippen LogP contribution is 2.21. The maximum atomic E-state index is 12.8. The van der Waals surface area contributed by atoms with E-state index >= 15 is 0 Å². The summed E-state index contributed by atoms with van der Waals surface area (Å²) in [4.78, 5) is 32.0. The number of H-pyrrole nitrogens is 1. The van der Waals surface area contributed by atoms with E-state index < -0.39 is 0 Å². The van der Waals surface area contributed by atoms with E-state index in [1.165, 1.54) is 0 Å². The molecule has 1 aromatic heterocycles. The molecular formula is C21H17ClN4O2. The molecule has 6 nitrogen and oxygen atoms in total. The van der Waals surface area contributed by atoms with E-state index in [1.54, 1.807) is 46.2 Å². The fourth-order valence-corrected chi connectivity index (χ4v) is 3.59. The third kappa shape index (κ3) is 3.45. The predicted octanol–water partition coefficient (Wildman–Crippen LogP) is 3.29. The maximum Gasteiger partial charge on any atom is 0.270 e. The number of carbonyl (C=O) groups excluding carboxylic acids is 2. The number of nitrogens with zero attached hydrogens (tertiary/aromatic N) is 3. The van der Waals surface area contributed by atoms with E-state index in [1.807, 2.05) is 18.2 Å². The first-order valence-electron chi connectivity index (χ1n) is 8.92. The number of piperazine rings is 1. The Morgan fingerprint density at radius 1 is 0.964 bits per heavy atom. The van der Waals surface area contributed by atoms with Crippen molar-refractivity contribution >= 4 is 34.3 Å². The van der Waals surface area contributed by atoms with Gasteiger partial charge in [-0.3, -0.25) is 9.59 Å². The zero-order valence-corrected chi connectivity index (χ0v) is 15.7. The second-order valence-corrected chi connectivity index (χ2v) is 7.13. The lowest BCUT2D eigenvalue weighted by molar-refractivity contribution is 0.0533. The van der Waals surface area contributed by atoms with E-state index in [0.717, 1.165) is 10.9 Å². The van der Waals surface area contributed by atoms with Crippen LogP contribution in [0.1, 0.15) is 26.4 Å². The van der Waals surface area contributed by atoms with Gasteiger partial charge in [-0.15, -0.1) is 0 Å². The average Bonchev–Trinajstić information content (AvgIpc) is 3.16. The van der Waals surface area contributed by atoms with Crippen LogP contribution >= 0.6 is 11.6 Å². The van der Waals surface area contributed by atoms with E-state index in [9.17, 15) is 9.59 Å². The van der Waals surface area contributed by atoms with E-state index in [4.69, 9.17) is 16.9 Å². The summed E-state index contributed by atoms with van der Waals surface area (Å²) in [5, 5.41) is 10.5. The van der Waals surface area contributed by atoms with Crippen molar-refractivity contribution in [1.82, 2.24) is 14.8 Å². The van der Waals surface area contributed by atoms with Crippen molar-refractivity contribution in [2.24, 2.45) is 0 Å². The SMILES string of the molecule is N#Cc1cccc(C(=O)N2CCN(C(=O)c3cc4cc(Cl)ccc4[nH]3)CC2)c1. The number of hydrogen-bond donors (Lipinski definition) is 1. The number of fused-ring (bicyclic) bond motifs is 1. The van der Waals surface area contributed by atoms with Crippen LogP contribution in [0.15, 0.2) is 48.5 Å². The van der Waals surface area contributed by atoms with Gasteiger partial charge >= 0.3 is 0 Å². The molecule has 140 valence electrons. The van der Waals surface area contributed by atoms with Gasteiger partial charge in [0.15, 0.2) is 0 Å². The number of aromatic amines is 1. The quantitative estimate of drug-likeness (QED) is 0.726. The van der Waals surface area contributed by atoms with Crippen molar-refractivity contribution in [2.45, 2.75) is 0 Å². The average molecular weight is 393 g/mol. The molecular weight excluding hydrogens is 376 g/mol. The molecule has 4 rings (SSSR count). The third-order valence-corrected chi connectivity index (χ3v) is 5.14. The van der Waals surface area contributed by atoms with Gasteiger partial charge in [-0.1, -0.05) is 17.7 Å². The lowest BCUT2D eigenvalue weighted by Crippen LogP contribution is -2.50. The summed E-state index contributed by atoms with van der Waals surface area (Å²) < 4.78 is 0. The van der Waals surface area contributed by atoms with E-state index in [2.05, 4.69) is 4.98 Å². The van der Waals surface area contributed by atoms with Crippen LogP contribution in [0.25, 0.3) is 10.9 Å². The molecule has 0 bridgehead atoms. The molecule has 28 heavy (non-hydrogen) atoms. The molecule has 1 saturated heterocycles. The van der Waals surface area contributed by atoms with Gasteiger partial charge in [-0.05, 0) is 42.5 Å². The number of hydrogen-bond acceptors (Lipinski definition) is 3. The van der Waals surface area contributed by atoms with E-state index in [0.29, 0.717) is 48.0 Å². The first-order chi connectivity index (χ1) is 13.5. The monoisotopic (exact) mass is 392 g/mol. The van der Waals surface area contributed by atoms with E-state index in [-0.39, 0.29) is 11.8 Å². The molecule has 3 aromatic rings. The van der Waals surface area contributed by atoms with Crippen molar-refractivity contribution in [3.63, 3.8) is 0 Å². The van der Waals surface area contributed by atoms with Gasteiger partial charge in [0, 0.05) is 47.7 Å². The van der Waals surface area contributed by atoms with Gasteiger partial charge in [0.05, 0.1) is 11.6 Å². The molecule has 0 atom stereocenters. The lowest BCUT2D eigenvalue weighted by atomic mass is 10.1. The van der Waals surface area contributed by atoms with Crippen LogP contribution in [-0.4, -0.2) is 52.8 Å². The third-order valence-electron chi connectivity index (χ3n) is 4.91. The first-order valence-corrected chi connectivity index (χ1v) is 9.30. The summed E-state index contributed by atoms with van der Waals surface area (Å²) in [5.74, 6) is -0.213. The summed E-state index contributed by atoms with van der Waals surface area (Å²) in [5.41, 5.74) is 2.32. The highest BCUT2D eigenvalue weighted by atomic mass is 35.5. The summed E-state index contributed by atoms with van der Waals surface area (Å²) in [6, 6.07) is 16.0. The number of rotatable bonds is 2. The normalized spacial score (nSPS) is 14.1. The standard InChI is InChI=1S/C21H17ClN4O2/c22-17-4-5-18-16(11-17)12-19(24-18)21(28)26-8-6-25(7-9-26)20(27)15-3-1-2-14(10-15)13-23/h1-5,10-12,24H,6-9H2. The Labute approximate surface area is 166 Å². The summed E-state index contributed by atoms with van der Waals surface area (Å²) in [6.45, 7) is 1.82. The van der Waals surface area contributed by atoms with Crippen molar-refractivity contribution in [3.05, 3.63) is 70.4 Å². The fourth-order valence-electron chi connectivity index (χ4n) is 3.41. The zero-order chi connectivity index (χ0) is 19.7. The van der Waals surface area contributed by atoms with Gasteiger partial charge in [0.2, 0.25) is 0 Å². The van der Waals surface area contributed by atoms with Gasteiger partial charge in [0.1, 0.15) is 5.69 Å². The minimum atomic E-state index is -0.121. The van der Waals surface area contributed by atoms with Crippen molar-refractivity contribution < 1.29 is 9.59 Å². The number of nitrogens with one attached hydrogen (secondary N) is 1. The Morgan fingerprint density at radius 2 is 1.68 bits per heavy atom. The van der Waals surface area contributed by atoms with Gasteiger partial charge < -0.3 is 14.8 Å². The second-order valence-electron chi connectivity index (χ2n) is 6.69. The Morgan fingerprint density at radius 3 is 2.39 bits per heavy atom. The van der Waals surface area contributed by atoms with Crippen LogP contribution in [0.2, 0.25) is 5.02 Å². The molecule has 1 aliphatic rings. The highest BCUT2D eigenvalue weighted by molar-refractivity contribution is 6.31. The lowest BCUT2D eigenvalue weighted by Gasteiger charge is -2.34. The Kier molecular flexibility index (Phi) is 4.76. The number of carbonyl (C=O) groups is 2. The molecule has 0 spiro atoms. The first kappa shape index (κ1) is 18.1. The molecule has 0 unspecified atom stereocenters. The van der Waals surface area contributed by atoms with Crippen molar-refractivity contribution in [1.29, 1.82) is 5.26 Å². The number of halogens is 1. The minimum Gasteiger partial charge on any atom is -0.351 e. The summed E-state index contributed by atoms with van der Waals surface area (Å²) in [6.07, 6.45) is 0. The number of benzene rings is 2. The Bertz CT molecular complexity index is 1110. The van der Waals surface area contributed by atoms with Gasteiger partial charge in [-0.25, -0.2) is 0 Å². The minimum absolute atomic E-state index is 0.0918. The molecule has 7 heteroatoms. The zero-order valence-electron chi connectivity index (χ0n) is 15.0. The molecule has 0 saturated carbocycles. The van der Waals surface area contributed by atoms with Crippen LogP contribution in [0.4, 0.5) is 0 Å². The highest BCUT2D eigenvalue weighted by Gasteiger charge is 2.26. The van der Waals surface area contributed by atoms with Crippen LogP contribution in [0, 0.1) is 11.3 Å². The van der Waals surface area contributed by atoms with Crippen LogP contribution in [0.5, 0.6) is 0 Å². The molecule has 2 heterocycles. The topological polar surface area (TPSA) is 80.2 Å². The van der Waals surface area contributed by atoms with Gasteiger partial charge in [0.25, 0.3) is 11.8 Å². The molecule has 0 aliphatic carbocycles. The van der Waals surface area contributed by atoms with Crippen molar-refractivity contribution in [2.75, 3.05) is 26.2 Å². The molecule has 1 N–H and O–H groups in total. The Hall–Kier alpha value is -3.30. The van der Waals surface area contributed by atoms with Crippen LogP contribution in [-0.2, 0) is 0 Å². The number of amides is 2. The van der Waals surface area contributed by atoms with Crippen LogP contribution < -0.4 is 0 Å². The molecule has 1 fully saturated rings. The van der Waals surface area contributed by atoms with Crippen molar-refractivity contribution in [3.8, 4) is 6.07 Å². The smallest absolute Gasteiger partial charge is 0.270 e. The number of nitriles is 1. The number of aromatic nitrogens is 1.